The predicted molar refractivity (Wildman–Crippen MR) is 164 cm³/mol. The highest BCUT2D eigenvalue weighted by Crippen LogP contribution is 2.46. The summed E-state index contributed by atoms with van der Waals surface area (Å²) in [7, 11) is -4.02. The molecule has 0 aliphatic heterocycles. The minimum Gasteiger partial charge on any atom is -0.480 e. The van der Waals surface area contributed by atoms with Gasteiger partial charge in [-0.3, -0.25) is 4.72 Å². The highest BCUT2D eigenvalue weighted by molar-refractivity contribution is 7.92. The second-order valence-electron chi connectivity index (χ2n) is 9.45. The summed E-state index contributed by atoms with van der Waals surface area (Å²) in [6, 6.07) is 38.2. The van der Waals surface area contributed by atoms with E-state index in [-0.39, 0.29) is 10.7 Å². The molecular formula is C33H26ClN3O4S. The number of hydrogen-bond acceptors (Lipinski definition) is 6. The van der Waals surface area contributed by atoms with E-state index < -0.39 is 22.2 Å². The first-order valence-corrected chi connectivity index (χ1v) is 15.1. The van der Waals surface area contributed by atoms with Crippen molar-refractivity contribution in [2.75, 3.05) is 10.0 Å². The van der Waals surface area contributed by atoms with Gasteiger partial charge in [-0.05, 0) is 48.5 Å². The van der Waals surface area contributed by atoms with E-state index in [4.69, 9.17) is 21.1 Å². The molecule has 0 saturated carbocycles. The third-order valence-electron chi connectivity index (χ3n) is 6.65. The quantitative estimate of drug-likeness (QED) is 0.181. The average Bonchev–Trinajstić information content (AvgIpc) is 3.02. The molecule has 0 bridgehead atoms. The molecule has 1 aromatic heterocycles. The minimum absolute atomic E-state index is 0.0190. The highest BCUT2D eigenvalue weighted by atomic mass is 35.5. The van der Waals surface area contributed by atoms with Gasteiger partial charge in [0.1, 0.15) is 22.2 Å². The summed E-state index contributed by atoms with van der Waals surface area (Å²) in [4.78, 5) is 4.12. The first kappa shape index (κ1) is 27.4. The molecule has 42 heavy (non-hydrogen) atoms. The molecular weight excluding hydrogens is 570 g/mol. The van der Waals surface area contributed by atoms with Gasteiger partial charge in [0.15, 0.2) is 12.2 Å². The standard InChI is InChI=1S/C33H26ClN3O4S/c34-30-31(36-27-19-9-10-20-28(27)42(38,39)37-29-21-11-12-22-35-29)33(41-24-15-5-2-6-16-24)26-18-8-7-17-25(26)32(30)40-23-13-3-1-4-14-23/h1-22,32-33,36H,(H,35,37). The third kappa shape index (κ3) is 5.81. The van der Waals surface area contributed by atoms with Crippen molar-refractivity contribution in [2.45, 2.75) is 17.1 Å². The Kier molecular flexibility index (Phi) is 7.81. The number of hydrogen-bond donors (Lipinski definition) is 2. The summed E-state index contributed by atoms with van der Waals surface area (Å²) in [6.07, 6.45) is 0.162. The number of pyridine rings is 1. The monoisotopic (exact) mass is 595 g/mol. The molecule has 2 unspecified atom stereocenters. The van der Waals surface area contributed by atoms with Crippen LogP contribution in [0.2, 0.25) is 0 Å². The summed E-state index contributed by atoms with van der Waals surface area (Å²) in [5.74, 6) is 1.47. The summed E-state index contributed by atoms with van der Waals surface area (Å²) >= 11 is 7.17. The molecule has 0 spiro atoms. The van der Waals surface area contributed by atoms with Gasteiger partial charge in [-0.25, -0.2) is 13.4 Å². The molecule has 4 aromatic carbocycles. The predicted octanol–water partition coefficient (Wildman–Crippen LogP) is 7.70. The van der Waals surface area contributed by atoms with Crippen LogP contribution in [0, 0.1) is 0 Å². The number of aromatic nitrogens is 1. The number of nitrogens with zero attached hydrogens (tertiary/aromatic N) is 1. The molecule has 0 radical (unpaired) electrons. The normalized spacial score (nSPS) is 16.3. The van der Waals surface area contributed by atoms with Gasteiger partial charge >= 0.3 is 0 Å². The van der Waals surface area contributed by atoms with E-state index in [1.165, 1.54) is 12.3 Å². The van der Waals surface area contributed by atoms with Gasteiger partial charge in [-0.15, -0.1) is 0 Å². The maximum atomic E-state index is 13.5. The molecule has 2 N–H and O–H groups in total. The summed E-state index contributed by atoms with van der Waals surface area (Å²) in [5.41, 5.74) is 2.45. The highest BCUT2D eigenvalue weighted by Gasteiger charge is 2.37. The Morgan fingerprint density at radius 3 is 1.83 bits per heavy atom. The minimum atomic E-state index is -4.02. The Morgan fingerprint density at radius 1 is 0.643 bits per heavy atom. The maximum absolute atomic E-state index is 13.5. The van der Waals surface area contributed by atoms with E-state index in [9.17, 15) is 8.42 Å². The zero-order chi connectivity index (χ0) is 28.9. The number of halogens is 1. The third-order valence-corrected chi connectivity index (χ3v) is 8.47. The largest absolute Gasteiger partial charge is 0.480 e. The van der Waals surface area contributed by atoms with Crippen LogP contribution in [0.15, 0.2) is 149 Å². The number of para-hydroxylation sites is 3. The molecule has 1 aliphatic carbocycles. The van der Waals surface area contributed by atoms with Crippen LogP contribution in [0.1, 0.15) is 23.3 Å². The molecule has 1 heterocycles. The van der Waals surface area contributed by atoms with E-state index in [1.807, 2.05) is 84.9 Å². The number of anilines is 2. The number of benzene rings is 4. The molecule has 1 aliphatic rings. The van der Waals surface area contributed by atoms with Crippen LogP contribution in [0.25, 0.3) is 0 Å². The fourth-order valence-electron chi connectivity index (χ4n) is 4.75. The van der Waals surface area contributed by atoms with Crippen LogP contribution >= 0.6 is 11.6 Å². The van der Waals surface area contributed by atoms with Gasteiger partial charge in [0.2, 0.25) is 0 Å². The molecule has 210 valence electrons. The lowest BCUT2D eigenvalue weighted by molar-refractivity contribution is 0.204. The number of ether oxygens (including phenoxy) is 2. The van der Waals surface area contributed by atoms with Gasteiger partial charge in [-0.1, -0.05) is 90.5 Å². The van der Waals surface area contributed by atoms with Crippen LogP contribution in [-0.4, -0.2) is 13.4 Å². The first-order valence-electron chi connectivity index (χ1n) is 13.2. The Bertz CT molecular complexity index is 1820. The molecule has 7 nitrogen and oxygen atoms in total. The van der Waals surface area contributed by atoms with Crippen molar-refractivity contribution >= 4 is 33.1 Å². The maximum Gasteiger partial charge on any atom is 0.265 e. The van der Waals surface area contributed by atoms with Crippen LogP contribution in [-0.2, 0) is 10.0 Å². The fourth-order valence-corrected chi connectivity index (χ4v) is 6.23. The van der Waals surface area contributed by atoms with Crippen molar-refractivity contribution in [3.63, 3.8) is 0 Å². The van der Waals surface area contributed by atoms with Crippen molar-refractivity contribution in [1.29, 1.82) is 0 Å². The fraction of sp³-hybridized carbons (Fsp3) is 0.0606. The van der Waals surface area contributed by atoms with Crippen molar-refractivity contribution in [3.8, 4) is 11.5 Å². The lowest BCUT2D eigenvalue weighted by Crippen LogP contribution is -2.28. The second-order valence-corrected chi connectivity index (χ2v) is 11.5. The molecule has 9 heteroatoms. The van der Waals surface area contributed by atoms with E-state index in [2.05, 4.69) is 15.0 Å². The number of sulfonamides is 1. The summed E-state index contributed by atoms with van der Waals surface area (Å²) in [5, 5.41) is 3.66. The Balaban J connectivity index is 1.45. The van der Waals surface area contributed by atoms with Crippen molar-refractivity contribution in [3.05, 3.63) is 155 Å². The smallest absolute Gasteiger partial charge is 0.265 e. The van der Waals surface area contributed by atoms with Gasteiger partial charge < -0.3 is 14.8 Å². The topological polar surface area (TPSA) is 89.6 Å². The molecule has 0 saturated heterocycles. The lowest BCUT2D eigenvalue weighted by atomic mass is 9.89. The molecule has 6 rings (SSSR count). The van der Waals surface area contributed by atoms with E-state index in [0.29, 0.717) is 27.9 Å². The zero-order valence-electron chi connectivity index (χ0n) is 22.2. The number of fused-ring (bicyclic) bond motifs is 1. The SMILES string of the molecule is O=S(=O)(Nc1ccccn1)c1ccccc1NC1=C(Cl)C(Oc2ccccc2)c2ccccc2C1Oc1ccccc1. The Morgan fingerprint density at radius 2 is 1.19 bits per heavy atom. The zero-order valence-corrected chi connectivity index (χ0v) is 23.8. The van der Waals surface area contributed by atoms with Crippen molar-refractivity contribution in [1.82, 2.24) is 4.98 Å². The Labute approximate surface area is 249 Å². The van der Waals surface area contributed by atoms with Crippen molar-refractivity contribution < 1.29 is 17.9 Å². The molecule has 0 amide bonds. The Hall–Kier alpha value is -4.79. The van der Waals surface area contributed by atoms with E-state index >= 15 is 0 Å². The first-order chi connectivity index (χ1) is 20.5. The van der Waals surface area contributed by atoms with Crippen LogP contribution in [0.4, 0.5) is 11.5 Å². The van der Waals surface area contributed by atoms with E-state index in [0.717, 1.165) is 11.1 Å². The van der Waals surface area contributed by atoms with Gasteiger partial charge in [0.25, 0.3) is 10.0 Å². The number of rotatable bonds is 9. The lowest BCUT2D eigenvalue weighted by Gasteiger charge is -2.35. The average molecular weight is 596 g/mol. The van der Waals surface area contributed by atoms with Gasteiger partial charge in [0, 0.05) is 17.3 Å². The molecule has 2 atom stereocenters. The van der Waals surface area contributed by atoms with E-state index in [1.54, 1.807) is 36.4 Å². The van der Waals surface area contributed by atoms with Crippen molar-refractivity contribution in [2.24, 2.45) is 0 Å². The second kappa shape index (κ2) is 12.0. The number of nitrogens with one attached hydrogen (secondary N) is 2. The van der Waals surface area contributed by atoms with Crippen LogP contribution < -0.4 is 19.5 Å². The molecule has 5 aromatic rings. The van der Waals surface area contributed by atoms with Crippen LogP contribution in [0.5, 0.6) is 11.5 Å². The van der Waals surface area contributed by atoms with Gasteiger partial charge in [0.05, 0.1) is 16.4 Å². The summed E-state index contributed by atoms with van der Waals surface area (Å²) in [6.45, 7) is 0. The molecule has 0 fully saturated rings. The van der Waals surface area contributed by atoms with Gasteiger partial charge in [-0.2, -0.15) is 0 Å². The summed E-state index contributed by atoms with van der Waals surface area (Å²) < 4.78 is 42.5. The van der Waals surface area contributed by atoms with Crippen LogP contribution in [0.3, 0.4) is 0 Å².